The van der Waals surface area contributed by atoms with Gasteiger partial charge in [0.1, 0.15) is 5.82 Å². The van der Waals surface area contributed by atoms with Crippen LogP contribution in [0.15, 0.2) is 64.6 Å². The van der Waals surface area contributed by atoms with Gasteiger partial charge in [0.2, 0.25) is 15.8 Å². The Kier molecular flexibility index (Phi) is 9.92. The van der Waals surface area contributed by atoms with Gasteiger partial charge in [0.15, 0.2) is 11.5 Å². The van der Waals surface area contributed by atoms with Gasteiger partial charge in [-0.15, -0.1) is 0 Å². The number of nitrogens with zero attached hydrogens (tertiary/aromatic N) is 2. The minimum absolute atomic E-state index is 0.0159. The molecule has 0 saturated heterocycles. The largest absolute Gasteiger partial charge is 0.493 e. The maximum absolute atomic E-state index is 14.5. The number of sulfonamides is 1. The van der Waals surface area contributed by atoms with Crippen LogP contribution in [0.5, 0.6) is 17.2 Å². The fourth-order valence-corrected chi connectivity index (χ4v) is 5.10. The van der Waals surface area contributed by atoms with Gasteiger partial charge in [-0.3, -0.25) is 4.79 Å². The van der Waals surface area contributed by atoms with Crippen LogP contribution in [0.1, 0.15) is 11.1 Å². The second-order valence-electron chi connectivity index (χ2n) is 7.68. The van der Waals surface area contributed by atoms with Crippen molar-refractivity contribution in [1.82, 2.24) is 9.73 Å². The van der Waals surface area contributed by atoms with E-state index in [-0.39, 0.29) is 15.5 Å². The molecule has 0 heterocycles. The first-order chi connectivity index (χ1) is 18.1. The minimum atomic E-state index is -4.26. The summed E-state index contributed by atoms with van der Waals surface area (Å²) in [6.45, 7) is -1.18. The topological polar surface area (TPSA) is 107 Å². The Morgan fingerprint density at radius 3 is 2.21 bits per heavy atom. The Labute approximate surface area is 229 Å². The molecule has 3 rings (SSSR count). The molecule has 0 aromatic heterocycles. The molecule has 0 saturated carbocycles. The third kappa shape index (κ3) is 6.93. The molecule has 38 heavy (non-hydrogen) atoms. The first-order valence-corrected chi connectivity index (χ1v) is 13.1. The maximum Gasteiger partial charge on any atom is 0.255 e. The number of nitrogens with one attached hydrogen (secondary N) is 1. The van der Waals surface area contributed by atoms with E-state index in [4.69, 9.17) is 37.4 Å². The SMILES string of the molecule is COc1cc(/C=N\NC(=O)CN(Cc2c(F)cccc2Cl)S(=O)(=O)c2ccc(Cl)cc2)cc(OC)c1OC. The van der Waals surface area contributed by atoms with Crippen LogP contribution in [0, 0.1) is 5.82 Å². The van der Waals surface area contributed by atoms with E-state index in [0.717, 1.165) is 10.4 Å². The van der Waals surface area contributed by atoms with Gasteiger partial charge in [0.25, 0.3) is 5.91 Å². The number of amides is 1. The van der Waals surface area contributed by atoms with Crippen LogP contribution in [0.2, 0.25) is 10.0 Å². The predicted molar refractivity (Wildman–Crippen MR) is 142 cm³/mol. The number of methoxy groups -OCH3 is 3. The average molecular weight is 584 g/mol. The number of benzene rings is 3. The summed E-state index contributed by atoms with van der Waals surface area (Å²) in [5.41, 5.74) is 2.70. The van der Waals surface area contributed by atoms with E-state index in [1.54, 1.807) is 12.1 Å². The molecule has 0 spiro atoms. The molecule has 3 aromatic rings. The average Bonchev–Trinajstić information content (AvgIpc) is 2.89. The molecular weight excluding hydrogens is 560 g/mol. The molecule has 202 valence electrons. The summed E-state index contributed by atoms with van der Waals surface area (Å²) in [6.07, 6.45) is 1.31. The molecule has 13 heteroatoms. The van der Waals surface area contributed by atoms with Crippen molar-refractivity contribution >= 4 is 45.3 Å². The van der Waals surface area contributed by atoms with E-state index >= 15 is 0 Å². The quantitative estimate of drug-likeness (QED) is 0.263. The summed E-state index contributed by atoms with van der Waals surface area (Å²) in [5.74, 6) is -0.359. The lowest BCUT2D eigenvalue weighted by Gasteiger charge is -2.22. The molecule has 1 N–H and O–H groups in total. The highest BCUT2D eigenvalue weighted by Gasteiger charge is 2.28. The van der Waals surface area contributed by atoms with Crippen LogP contribution in [-0.2, 0) is 21.4 Å². The number of carbonyl (C=O) groups is 1. The summed E-state index contributed by atoms with van der Waals surface area (Å²) in [7, 11) is 0.119. The fourth-order valence-electron chi connectivity index (χ4n) is 3.39. The van der Waals surface area contributed by atoms with Crippen molar-refractivity contribution < 1.29 is 31.8 Å². The standard InChI is InChI=1S/C25H24Cl2FN3O6S/c1-35-22-11-16(12-23(36-2)25(22)37-3)13-29-30-24(32)15-31(14-19-20(27)5-4-6-21(19)28)38(33,34)18-9-7-17(26)8-10-18/h4-13H,14-15H2,1-3H3,(H,30,32)/b29-13-. The van der Waals surface area contributed by atoms with Crippen LogP contribution in [0.4, 0.5) is 4.39 Å². The van der Waals surface area contributed by atoms with Gasteiger partial charge in [-0.2, -0.15) is 9.41 Å². The second kappa shape index (κ2) is 12.9. The van der Waals surface area contributed by atoms with Crippen molar-refractivity contribution in [2.45, 2.75) is 11.4 Å². The van der Waals surface area contributed by atoms with Gasteiger partial charge >= 0.3 is 0 Å². The van der Waals surface area contributed by atoms with Crippen LogP contribution in [-0.4, -0.2) is 52.7 Å². The van der Waals surface area contributed by atoms with Crippen molar-refractivity contribution in [1.29, 1.82) is 0 Å². The van der Waals surface area contributed by atoms with Crippen LogP contribution in [0.25, 0.3) is 0 Å². The molecule has 1 amide bonds. The first kappa shape index (κ1) is 29.2. The van der Waals surface area contributed by atoms with Crippen LogP contribution < -0.4 is 19.6 Å². The monoisotopic (exact) mass is 583 g/mol. The molecule has 0 radical (unpaired) electrons. The molecular formula is C25H24Cl2FN3O6S. The van der Waals surface area contributed by atoms with E-state index in [9.17, 15) is 17.6 Å². The zero-order chi connectivity index (χ0) is 27.9. The predicted octanol–water partition coefficient (Wildman–Crippen LogP) is 4.50. The van der Waals surface area contributed by atoms with E-state index in [0.29, 0.717) is 27.8 Å². The van der Waals surface area contributed by atoms with E-state index in [2.05, 4.69) is 10.5 Å². The second-order valence-corrected chi connectivity index (χ2v) is 10.5. The van der Waals surface area contributed by atoms with Gasteiger partial charge in [0, 0.05) is 27.7 Å². The molecule has 0 unspecified atom stereocenters. The minimum Gasteiger partial charge on any atom is -0.493 e. The number of rotatable bonds is 11. The molecule has 0 atom stereocenters. The van der Waals surface area contributed by atoms with Crippen molar-refractivity contribution in [2.75, 3.05) is 27.9 Å². The summed E-state index contributed by atoms with van der Waals surface area (Å²) in [6, 6.07) is 12.5. The van der Waals surface area contributed by atoms with E-state index < -0.39 is 34.8 Å². The number of ether oxygens (including phenoxy) is 3. The van der Waals surface area contributed by atoms with E-state index in [1.165, 1.54) is 63.9 Å². The lowest BCUT2D eigenvalue weighted by atomic mass is 10.2. The third-order valence-corrected chi connectivity index (χ3v) is 7.67. The Balaban J connectivity index is 1.85. The smallest absolute Gasteiger partial charge is 0.255 e. The van der Waals surface area contributed by atoms with Gasteiger partial charge in [0.05, 0.1) is 39.0 Å². The normalized spacial score (nSPS) is 11.6. The van der Waals surface area contributed by atoms with Gasteiger partial charge in [-0.1, -0.05) is 29.3 Å². The first-order valence-electron chi connectivity index (χ1n) is 10.9. The highest BCUT2D eigenvalue weighted by atomic mass is 35.5. The number of hydrogen-bond donors (Lipinski definition) is 1. The zero-order valence-electron chi connectivity index (χ0n) is 20.6. The van der Waals surface area contributed by atoms with Gasteiger partial charge < -0.3 is 14.2 Å². The van der Waals surface area contributed by atoms with Crippen molar-refractivity contribution in [2.24, 2.45) is 5.10 Å². The highest BCUT2D eigenvalue weighted by molar-refractivity contribution is 7.89. The maximum atomic E-state index is 14.5. The van der Waals surface area contributed by atoms with Gasteiger partial charge in [-0.05, 0) is 48.5 Å². The third-order valence-electron chi connectivity index (χ3n) is 5.26. The Hall–Kier alpha value is -3.38. The molecule has 0 aliphatic heterocycles. The molecule has 0 bridgehead atoms. The van der Waals surface area contributed by atoms with Crippen molar-refractivity contribution in [3.05, 3.63) is 81.6 Å². The van der Waals surface area contributed by atoms with Crippen molar-refractivity contribution in [3.8, 4) is 17.2 Å². The van der Waals surface area contributed by atoms with E-state index in [1.807, 2.05) is 0 Å². The summed E-state index contributed by atoms with van der Waals surface area (Å²) >= 11 is 12.0. The van der Waals surface area contributed by atoms with Crippen LogP contribution >= 0.6 is 23.2 Å². The van der Waals surface area contributed by atoms with Crippen LogP contribution in [0.3, 0.4) is 0 Å². The number of hydrogen-bond acceptors (Lipinski definition) is 7. The van der Waals surface area contributed by atoms with Gasteiger partial charge in [-0.25, -0.2) is 18.2 Å². The lowest BCUT2D eigenvalue weighted by molar-refractivity contribution is -0.121. The highest BCUT2D eigenvalue weighted by Crippen LogP contribution is 2.37. The molecule has 0 aliphatic carbocycles. The Morgan fingerprint density at radius 2 is 1.66 bits per heavy atom. The fraction of sp³-hybridized carbons (Fsp3) is 0.200. The summed E-state index contributed by atoms with van der Waals surface area (Å²) in [5, 5.41) is 4.24. The lowest BCUT2D eigenvalue weighted by Crippen LogP contribution is -2.39. The Morgan fingerprint density at radius 1 is 1.03 bits per heavy atom. The Bertz CT molecular complexity index is 1390. The molecule has 9 nitrogen and oxygen atoms in total. The molecule has 3 aromatic carbocycles. The summed E-state index contributed by atoms with van der Waals surface area (Å²) < 4.78 is 57.8. The molecule has 0 aliphatic rings. The zero-order valence-corrected chi connectivity index (χ0v) is 22.9. The number of halogens is 3. The number of carbonyl (C=O) groups excluding carboxylic acids is 1. The molecule has 0 fully saturated rings. The van der Waals surface area contributed by atoms with Crippen molar-refractivity contribution in [3.63, 3.8) is 0 Å². The number of hydrazone groups is 1. The summed E-state index contributed by atoms with van der Waals surface area (Å²) in [4.78, 5) is 12.6.